The molecule has 0 aliphatic rings. The SMILES string of the molecule is CNCCC=Cc1cc(F)cc([N+](=O)[O-])c1O. The van der Waals surface area contributed by atoms with Gasteiger partial charge in [0.1, 0.15) is 5.82 Å². The average Bonchev–Trinajstić information content (AvgIpc) is 2.28. The maximum Gasteiger partial charge on any atom is 0.314 e. The zero-order valence-electron chi connectivity index (χ0n) is 9.31. The van der Waals surface area contributed by atoms with Crippen molar-refractivity contribution in [1.82, 2.24) is 5.32 Å². The second-order valence-electron chi connectivity index (χ2n) is 3.41. The molecule has 2 N–H and O–H groups in total. The molecule has 0 atom stereocenters. The number of benzene rings is 1. The Morgan fingerprint density at radius 3 is 2.88 bits per heavy atom. The molecule has 0 aromatic heterocycles. The lowest BCUT2D eigenvalue weighted by molar-refractivity contribution is -0.386. The Morgan fingerprint density at radius 2 is 2.29 bits per heavy atom. The number of phenolic OH excluding ortho intramolecular Hbond substituents is 1. The van der Waals surface area contributed by atoms with Crippen LogP contribution in [0.1, 0.15) is 12.0 Å². The first-order chi connectivity index (χ1) is 8.06. The molecule has 92 valence electrons. The number of aromatic hydroxyl groups is 1. The van der Waals surface area contributed by atoms with Gasteiger partial charge in [-0.1, -0.05) is 12.2 Å². The van der Waals surface area contributed by atoms with Gasteiger partial charge in [0.2, 0.25) is 5.75 Å². The zero-order chi connectivity index (χ0) is 12.8. The van der Waals surface area contributed by atoms with Crippen molar-refractivity contribution in [3.63, 3.8) is 0 Å². The average molecular weight is 240 g/mol. The van der Waals surface area contributed by atoms with E-state index in [2.05, 4.69) is 5.32 Å². The van der Waals surface area contributed by atoms with Gasteiger partial charge in [-0.2, -0.15) is 0 Å². The number of nitrogens with zero attached hydrogens (tertiary/aromatic N) is 1. The fourth-order valence-corrected chi connectivity index (χ4v) is 1.31. The standard InChI is InChI=1S/C11H13FN2O3/c1-13-5-3-2-4-8-6-9(12)7-10(11(8)15)14(16)17/h2,4,6-7,13,15H,3,5H2,1H3. The molecule has 5 nitrogen and oxygen atoms in total. The van der Waals surface area contributed by atoms with Crippen LogP contribution in [0.2, 0.25) is 0 Å². The minimum absolute atomic E-state index is 0.104. The summed E-state index contributed by atoms with van der Waals surface area (Å²) in [7, 11) is 1.79. The summed E-state index contributed by atoms with van der Waals surface area (Å²) in [5, 5.41) is 23.0. The van der Waals surface area contributed by atoms with Gasteiger partial charge in [-0.05, 0) is 26.1 Å². The van der Waals surface area contributed by atoms with Crippen molar-refractivity contribution >= 4 is 11.8 Å². The molecular formula is C11H13FN2O3. The molecule has 0 fully saturated rings. The number of phenols is 1. The molecule has 0 heterocycles. The number of rotatable bonds is 5. The number of halogens is 1. The van der Waals surface area contributed by atoms with Crippen LogP contribution in [0.3, 0.4) is 0 Å². The third kappa shape index (κ3) is 3.53. The fraction of sp³-hybridized carbons (Fsp3) is 0.273. The Kier molecular flexibility index (Phi) is 4.59. The molecule has 0 saturated carbocycles. The van der Waals surface area contributed by atoms with E-state index in [0.717, 1.165) is 12.6 Å². The Morgan fingerprint density at radius 1 is 1.59 bits per heavy atom. The predicted molar refractivity (Wildman–Crippen MR) is 62.3 cm³/mol. The fourth-order valence-electron chi connectivity index (χ4n) is 1.31. The van der Waals surface area contributed by atoms with Crippen LogP contribution in [0, 0.1) is 15.9 Å². The van der Waals surface area contributed by atoms with Gasteiger partial charge in [-0.25, -0.2) is 4.39 Å². The highest BCUT2D eigenvalue weighted by molar-refractivity contribution is 5.64. The van der Waals surface area contributed by atoms with Gasteiger partial charge < -0.3 is 10.4 Å². The lowest BCUT2D eigenvalue weighted by Crippen LogP contribution is -2.05. The van der Waals surface area contributed by atoms with Gasteiger partial charge in [0.05, 0.1) is 11.0 Å². The van der Waals surface area contributed by atoms with E-state index >= 15 is 0 Å². The second-order valence-corrected chi connectivity index (χ2v) is 3.41. The molecule has 17 heavy (non-hydrogen) atoms. The Hall–Kier alpha value is -1.95. The van der Waals surface area contributed by atoms with Crippen LogP contribution < -0.4 is 5.32 Å². The van der Waals surface area contributed by atoms with E-state index in [9.17, 15) is 19.6 Å². The highest BCUT2D eigenvalue weighted by Crippen LogP contribution is 2.31. The van der Waals surface area contributed by atoms with Crippen molar-refractivity contribution in [2.45, 2.75) is 6.42 Å². The van der Waals surface area contributed by atoms with Crippen molar-refractivity contribution < 1.29 is 14.4 Å². The highest BCUT2D eigenvalue weighted by Gasteiger charge is 2.17. The van der Waals surface area contributed by atoms with Crippen LogP contribution >= 0.6 is 0 Å². The van der Waals surface area contributed by atoms with Crippen LogP contribution in [0.15, 0.2) is 18.2 Å². The lowest BCUT2D eigenvalue weighted by atomic mass is 10.1. The summed E-state index contributed by atoms with van der Waals surface area (Å²) in [5.41, 5.74) is -0.522. The van der Waals surface area contributed by atoms with Gasteiger partial charge in [-0.3, -0.25) is 10.1 Å². The highest BCUT2D eigenvalue weighted by atomic mass is 19.1. The predicted octanol–water partition coefficient (Wildman–Crippen LogP) is 2.06. The molecule has 0 amide bonds. The second kappa shape index (κ2) is 5.95. The maximum absolute atomic E-state index is 13.1. The Labute approximate surface area is 97.7 Å². The summed E-state index contributed by atoms with van der Waals surface area (Å²) in [6, 6.07) is 1.75. The molecule has 0 unspecified atom stereocenters. The maximum atomic E-state index is 13.1. The molecule has 0 aliphatic heterocycles. The molecule has 0 spiro atoms. The Balaban J connectivity index is 2.99. The van der Waals surface area contributed by atoms with E-state index < -0.39 is 22.2 Å². The first kappa shape index (κ1) is 13.1. The molecule has 6 heteroatoms. The van der Waals surface area contributed by atoms with E-state index in [0.29, 0.717) is 12.5 Å². The quantitative estimate of drug-likeness (QED) is 0.469. The van der Waals surface area contributed by atoms with Crippen LogP contribution in [0.25, 0.3) is 6.08 Å². The van der Waals surface area contributed by atoms with Gasteiger partial charge in [0.15, 0.2) is 0 Å². The van der Waals surface area contributed by atoms with Gasteiger partial charge in [-0.15, -0.1) is 0 Å². The van der Waals surface area contributed by atoms with Crippen molar-refractivity contribution in [2.75, 3.05) is 13.6 Å². The zero-order valence-corrected chi connectivity index (χ0v) is 9.31. The lowest BCUT2D eigenvalue weighted by Gasteiger charge is -2.01. The number of hydrogen-bond donors (Lipinski definition) is 2. The van der Waals surface area contributed by atoms with E-state index in [1.807, 2.05) is 0 Å². The van der Waals surface area contributed by atoms with Crippen LogP contribution in [-0.2, 0) is 0 Å². The molecule has 1 aromatic carbocycles. The molecule has 1 aromatic rings. The Bertz CT molecular complexity index is 447. The number of nitrogens with one attached hydrogen (secondary N) is 1. The summed E-state index contributed by atoms with van der Waals surface area (Å²) in [5.74, 6) is -1.26. The summed E-state index contributed by atoms with van der Waals surface area (Å²) in [6.45, 7) is 0.731. The van der Waals surface area contributed by atoms with Crippen LogP contribution in [-0.4, -0.2) is 23.6 Å². The third-order valence-corrected chi connectivity index (χ3v) is 2.14. The minimum Gasteiger partial charge on any atom is -0.502 e. The van der Waals surface area contributed by atoms with Crippen molar-refractivity contribution in [3.05, 3.63) is 39.7 Å². The van der Waals surface area contributed by atoms with E-state index in [4.69, 9.17) is 0 Å². The summed E-state index contributed by atoms with van der Waals surface area (Å²) >= 11 is 0. The summed E-state index contributed by atoms with van der Waals surface area (Å²) in [6.07, 6.45) is 3.84. The molecule has 1 rings (SSSR count). The molecule has 0 radical (unpaired) electrons. The van der Waals surface area contributed by atoms with Gasteiger partial charge >= 0.3 is 5.69 Å². The molecule has 0 aliphatic carbocycles. The monoisotopic (exact) mass is 240 g/mol. The van der Waals surface area contributed by atoms with Gasteiger partial charge in [0.25, 0.3) is 0 Å². The molecule has 0 saturated heterocycles. The number of nitro benzene ring substituents is 1. The van der Waals surface area contributed by atoms with Gasteiger partial charge in [0, 0.05) is 5.56 Å². The third-order valence-electron chi connectivity index (χ3n) is 2.14. The molecule has 0 bridgehead atoms. The first-order valence-electron chi connectivity index (χ1n) is 5.04. The molecular weight excluding hydrogens is 227 g/mol. The largest absolute Gasteiger partial charge is 0.502 e. The van der Waals surface area contributed by atoms with E-state index in [1.54, 1.807) is 13.1 Å². The smallest absolute Gasteiger partial charge is 0.314 e. The van der Waals surface area contributed by atoms with E-state index in [-0.39, 0.29) is 5.56 Å². The van der Waals surface area contributed by atoms with Crippen molar-refractivity contribution in [2.24, 2.45) is 0 Å². The van der Waals surface area contributed by atoms with Crippen LogP contribution in [0.5, 0.6) is 5.75 Å². The normalized spacial score (nSPS) is 10.9. The van der Waals surface area contributed by atoms with Crippen molar-refractivity contribution in [1.29, 1.82) is 0 Å². The summed E-state index contributed by atoms with van der Waals surface area (Å²) in [4.78, 5) is 9.73. The summed E-state index contributed by atoms with van der Waals surface area (Å²) < 4.78 is 13.1. The number of hydrogen-bond acceptors (Lipinski definition) is 4. The van der Waals surface area contributed by atoms with E-state index in [1.165, 1.54) is 6.08 Å². The number of nitro groups is 1. The van der Waals surface area contributed by atoms with Crippen molar-refractivity contribution in [3.8, 4) is 5.75 Å². The first-order valence-corrected chi connectivity index (χ1v) is 5.04. The van der Waals surface area contributed by atoms with Crippen LogP contribution in [0.4, 0.5) is 10.1 Å². The minimum atomic E-state index is -0.816. The topological polar surface area (TPSA) is 75.4 Å².